The summed E-state index contributed by atoms with van der Waals surface area (Å²) in [5, 5.41) is 6.21. The zero-order chi connectivity index (χ0) is 16.2. The lowest BCUT2D eigenvalue weighted by molar-refractivity contribution is 0.0948. The number of aromatic nitrogens is 2. The summed E-state index contributed by atoms with van der Waals surface area (Å²) in [7, 11) is 0. The van der Waals surface area contributed by atoms with Crippen LogP contribution in [-0.4, -0.2) is 34.9 Å². The van der Waals surface area contributed by atoms with Gasteiger partial charge >= 0.3 is 0 Å². The summed E-state index contributed by atoms with van der Waals surface area (Å²) in [4.78, 5) is 28.8. The summed E-state index contributed by atoms with van der Waals surface area (Å²) >= 11 is 0. The van der Waals surface area contributed by atoms with E-state index in [0.29, 0.717) is 18.1 Å². The molecule has 130 valence electrons. The van der Waals surface area contributed by atoms with E-state index in [-0.39, 0.29) is 29.4 Å². The van der Waals surface area contributed by atoms with Gasteiger partial charge in [0.05, 0.1) is 0 Å². The highest BCUT2D eigenvalue weighted by atomic mass is 35.5. The van der Waals surface area contributed by atoms with E-state index >= 15 is 0 Å². The number of rotatable bonds is 4. The number of carbonyl (C=O) groups is 1. The van der Waals surface area contributed by atoms with Crippen LogP contribution in [0.4, 0.5) is 0 Å². The molecule has 1 saturated heterocycles. The van der Waals surface area contributed by atoms with Crippen molar-refractivity contribution in [1.29, 1.82) is 0 Å². The van der Waals surface area contributed by atoms with Crippen LogP contribution in [0.3, 0.4) is 0 Å². The summed E-state index contributed by atoms with van der Waals surface area (Å²) in [6.07, 6.45) is 6.34. The van der Waals surface area contributed by atoms with Gasteiger partial charge in [-0.2, -0.15) is 0 Å². The molecule has 2 aromatic heterocycles. The van der Waals surface area contributed by atoms with Gasteiger partial charge in [0.1, 0.15) is 11.2 Å². The highest BCUT2D eigenvalue weighted by Gasteiger charge is 2.15. The van der Waals surface area contributed by atoms with Crippen LogP contribution in [0.5, 0.6) is 0 Å². The monoisotopic (exact) mass is 350 g/mol. The van der Waals surface area contributed by atoms with Gasteiger partial charge in [-0.05, 0) is 62.9 Å². The van der Waals surface area contributed by atoms with Crippen LogP contribution < -0.4 is 16.2 Å². The molecular weight excluding hydrogens is 328 g/mol. The van der Waals surface area contributed by atoms with Crippen molar-refractivity contribution >= 4 is 24.0 Å². The van der Waals surface area contributed by atoms with E-state index in [1.165, 1.54) is 23.4 Å². The average molecular weight is 351 g/mol. The number of nitrogens with one attached hydrogen (secondary N) is 2. The Morgan fingerprint density at radius 3 is 3.08 bits per heavy atom. The summed E-state index contributed by atoms with van der Waals surface area (Å²) in [5.74, 6) is 0.254. The topological polar surface area (TPSA) is 75.5 Å². The Morgan fingerprint density at radius 1 is 1.50 bits per heavy atom. The first-order valence-electron chi connectivity index (χ1n) is 8.12. The normalized spacial score (nSPS) is 17.3. The first-order chi connectivity index (χ1) is 11.1. The average Bonchev–Trinajstić information content (AvgIpc) is 2.56. The van der Waals surface area contributed by atoms with Crippen LogP contribution in [0.25, 0.3) is 5.65 Å². The fraction of sp³-hybridized carbons (Fsp3) is 0.471. The molecule has 0 radical (unpaired) electrons. The van der Waals surface area contributed by atoms with Crippen molar-refractivity contribution in [3.05, 3.63) is 46.0 Å². The molecule has 1 fully saturated rings. The number of pyridine rings is 1. The molecule has 1 unspecified atom stereocenters. The van der Waals surface area contributed by atoms with Gasteiger partial charge in [0.15, 0.2) is 0 Å². The zero-order valence-corrected chi connectivity index (χ0v) is 14.6. The first kappa shape index (κ1) is 18.4. The van der Waals surface area contributed by atoms with Crippen LogP contribution in [0, 0.1) is 12.8 Å². The molecular formula is C17H23ClN4O2. The number of amides is 1. The number of piperidine rings is 1. The smallest absolute Gasteiger partial charge is 0.270 e. The largest absolute Gasteiger partial charge is 0.352 e. The SMILES string of the molecule is Cc1ccn2c(=O)c(C(=O)NCCC3CCCNC3)cnc2c1.Cl. The van der Waals surface area contributed by atoms with Crippen LogP contribution in [0.2, 0.25) is 0 Å². The van der Waals surface area contributed by atoms with Crippen molar-refractivity contribution in [3.63, 3.8) is 0 Å². The maximum absolute atomic E-state index is 12.4. The highest BCUT2D eigenvalue weighted by molar-refractivity contribution is 5.93. The molecule has 0 saturated carbocycles. The number of halogens is 1. The molecule has 0 bridgehead atoms. The molecule has 3 heterocycles. The fourth-order valence-corrected chi connectivity index (χ4v) is 2.99. The number of aryl methyl sites for hydroxylation is 1. The Labute approximate surface area is 147 Å². The van der Waals surface area contributed by atoms with Gasteiger partial charge in [0.2, 0.25) is 0 Å². The third-order valence-corrected chi connectivity index (χ3v) is 4.35. The van der Waals surface area contributed by atoms with Crippen molar-refractivity contribution in [2.45, 2.75) is 26.2 Å². The van der Waals surface area contributed by atoms with Crippen LogP contribution in [0.15, 0.2) is 29.3 Å². The van der Waals surface area contributed by atoms with E-state index in [1.54, 1.807) is 6.20 Å². The maximum Gasteiger partial charge on any atom is 0.270 e. The molecule has 3 rings (SSSR count). The molecule has 2 N–H and O–H groups in total. The Balaban J connectivity index is 0.00000208. The molecule has 6 nitrogen and oxygen atoms in total. The molecule has 1 amide bonds. The van der Waals surface area contributed by atoms with Crippen molar-refractivity contribution in [2.75, 3.05) is 19.6 Å². The number of hydrogen-bond donors (Lipinski definition) is 2. The number of carbonyl (C=O) groups excluding carboxylic acids is 1. The van der Waals surface area contributed by atoms with E-state index in [4.69, 9.17) is 0 Å². The van der Waals surface area contributed by atoms with Gasteiger partial charge in [0.25, 0.3) is 11.5 Å². The number of hydrogen-bond acceptors (Lipinski definition) is 4. The summed E-state index contributed by atoms with van der Waals surface area (Å²) in [6, 6.07) is 3.65. The summed E-state index contributed by atoms with van der Waals surface area (Å²) in [5.41, 5.74) is 1.34. The molecule has 2 aromatic rings. The van der Waals surface area contributed by atoms with Crippen LogP contribution in [0.1, 0.15) is 35.2 Å². The second kappa shape index (κ2) is 8.26. The second-order valence-electron chi connectivity index (χ2n) is 6.17. The van der Waals surface area contributed by atoms with Crippen molar-refractivity contribution in [1.82, 2.24) is 20.0 Å². The van der Waals surface area contributed by atoms with Crippen molar-refractivity contribution < 1.29 is 4.79 Å². The number of nitrogens with zero attached hydrogens (tertiary/aromatic N) is 2. The fourth-order valence-electron chi connectivity index (χ4n) is 2.99. The van der Waals surface area contributed by atoms with Gasteiger partial charge in [-0.3, -0.25) is 14.0 Å². The quantitative estimate of drug-likeness (QED) is 0.877. The van der Waals surface area contributed by atoms with Crippen LogP contribution in [-0.2, 0) is 0 Å². The van der Waals surface area contributed by atoms with E-state index in [2.05, 4.69) is 15.6 Å². The molecule has 1 aliphatic heterocycles. The molecule has 1 atom stereocenters. The third-order valence-electron chi connectivity index (χ3n) is 4.35. The van der Waals surface area contributed by atoms with E-state index in [9.17, 15) is 9.59 Å². The Hall–Kier alpha value is -1.92. The Morgan fingerprint density at radius 2 is 2.33 bits per heavy atom. The number of fused-ring (bicyclic) bond motifs is 1. The predicted octanol–water partition coefficient (Wildman–Crippen LogP) is 1.54. The zero-order valence-electron chi connectivity index (χ0n) is 13.7. The molecule has 0 aromatic carbocycles. The van der Waals surface area contributed by atoms with Gasteiger partial charge in [-0.1, -0.05) is 0 Å². The van der Waals surface area contributed by atoms with Crippen molar-refractivity contribution in [3.8, 4) is 0 Å². The minimum atomic E-state index is -0.346. The highest BCUT2D eigenvalue weighted by Crippen LogP contribution is 2.12. The summed E-state index contributed by atoms with van der Waals surface area (Å²) < 4.78 is 1.41. The van der Waals surface area contributed by atoms with E-state index in [1.807, 2.05) is 19.1 Å². The van der Waals surface area contributed by atoms with Gasteiger partial charge in [-0.15, -0.1) is 12.4 Å². The molecule has 7 heteroatoms. The maximum atomic E-state index is 12.4. The van der Waals surface area contributed by atoms with Gasteiger partial charge < -0.3 is 10.6 Å². The lowest BCUT2D eigenvalue weighted by atomic mass is 9.96. The van der Waals surface area contributed by atoms with Gasteiger partial charge in [0, 0.05) is 18.9 Å². The first-order valence-corrected chi connectivity index (χ1v) is 8.12. The van der Waals surface area contributed by atoms with E-state index in [0.717, 1.165) is 25.1 Å². The minimum absolute atomic E-state index is 0. The van der Waals surface area contributed by atoms with Crippen molar-refractivity contribution in [2.24, 2.45) is 5.92 Å². The Kier molecular flexibility index (Phi) is 6.34. The van der Waals surface area contributed by atoms with Crippen LogP contribution >= 0.6 is 12.4 Å². The molecule has 1 aliphatic rings. The predicted molar refractivity (Wildman–Crippen MR) is 96.0 cm³/mol. The third kappa shape index (κ3) is 4.13. The molecule has 0 spiro atoms. The van der Waals surface area contributed by atoms with E-state index < -0.39 is 0 Å². The second-order valence-corrected chi connectivity index (χ2v) is 6.17. The minimum Gasteiger partial charge on any atom is -0.352 e. The summed E-state index contributed by atoms with van der Waals surface area (Å²) in [6.45, 7) is 4.62. The standard InChI is InChI=1S/C17H22N4O2.ClH/c1-12-5-8-21-15(9-12)20-11-14(17(21)23)16(22)19-7-4-13-3-2-6-18-10-13;/h5,8-9,11,13,18H,2-4,6-7,10H2,1H3,(H,19,22);1H. The van der Waals surface area contributed by atoms with Gasteiger partial charge in [-0.25, -0.2) is 4.98 Å². The lowest BCUT2D eigenvalue weighted by Gasteiger charge is -2.22. The molecule has 24 heavy (non-hydrogen) atoms. The Bertz CT molecular complexity index is 769. The lowest BCUT2D eigenvalue weighted by Crippen LogP contribution is -2.35. The molecule has 0 aliphatic carbocycles.